The molecule has 1 atom stereocenters. The Morgan fingerprint density at radius 3 is 2.22 bits per heavy atom. The number of hydrogen-bond donors (Lipinski definition) is 0. The Bertz CT molecular complexity index is 438. The smallest absolute Gasteiger partial charge is 0.162 e. The van der Waals surface area contributed by atoms with Crippen molar-refractivity contribution in [3.8, 4) is 11.5 Å². The summed E-state index contributed by atoms with van der Waals surface area (Å²) in [6.45, 7) is 7.58. The number of alkyl halides is 1. The summed E-state index contributed by atoms with van der Waals surface area (Å²) < 4.78 is 11.3. The standard InChI is InChI=1S/C14H18Cl2O2/c1-14(2,3)13(16)9-7-11-12(8-10(9)15)18-6-4-5-17-11/h7-8,13H,4-6H2,1-3H3. The number of fused-ring (bicyclic) bond motifs is 1. The van der Waals surface area contributed by atoms with Crippen molar-refractivity contribution in [1.29, 1.82) is 0 Å². The van der Waals surface area contributed by atoms with Crippen LogP contribution in [0.3, 0.4) is 0 Å². The van der Waals surface area contributed by atoms with Crippen molar-refractivity contribution in [1.82, 2.24) is 0 Å². The van der Waals surface area contributed by atoms with Crippen LogP contribution < -0.4 is 9.47 Å². The minimum Gasteiger partial charge on any atom is -0.490 e. The van der Waals surface area contributed by atoms with Gasteiger partial charge in [0.2, 0.25) is 0 Å². The number of rotatable bonds is 1. The molecule has 18 heavy (non-hydrogen) atoms. The third-order valence-corrected chi connectivity index (χ3v) is 4.12. The van der Waals surface area contributed by atoms with Gasteiger partial charge in [0, 0.05) is 17.5 Å². The molecule has 0 saturated heterocycles. The molecule has 1 heterocycles. The SMILES string of the molecule is CC(C)(C)C(Cl)c1cc2c(cc1Cl)OCCCO2. The Balaban J connectivity index is 2.41. The molecule has 0 spiro atoms. The molecule has 0 bridgehead atoms. The summed E-state index contributed by atoms with van der Waals surface area (Å²) in [6, 6.07) is 3.71. The topological polar surface area (TPSA) is 18.5 Å². The summed E-state index contributed by atoms with van der Waals surface area (Å²) >= 11 is 12.8. The Labute approximate surface area is 118 Å². The van der Waals surface area contributed by atoms with E-state index in [0.717, 1.165) is 17.7 Å². The molecule has 0 saturated carbocycles. The molecule has 0 aliphatic carbocycles. The summed E-state index contributed by atoms with van der Waals surface area (Å²) in [5.41, 5.74) is 0.834. The van der Waals surface area contributed by atoms with Crippen molar-refractivity contribution in [2.75, 3.05) is 13.2 Å². The minimum absolute atomic E-state index is 0.0645. The lowest BCUT2D eigenvalue weighted by atomic mass is 9.87. The predicted octanol–water partition coefficient (Wildman–Crippen LogP) is 4.83. The fraction of sp³-hybridized carbons (Fsp3) is 0.571. The zero-order valence-corrected chi connectivity index (χ0v) is 12.4. The van der Waals surface area contributed by atoms with Crippen LogP contribution in [-0.4, -0.2) is 13.2 Å². The van der Waals surface area contributed by atoms with Gasteiger partial charge in [0.1, 0.15) is 0 Å². The van der Waals surface area contributed by atoms with E-state index < -0.39 is 0 Å². The van der Waals surface area contributed by atoms with Crippen LogP contribution in [0.15, 0.2) is 12.1 Å². The van der Waals surface area contributed by atoms with Crippen LogP contribution in [0.1, 0.15) is 38.1 Å². The monoisotopic (exact) mass is 288 g/mol. The molecule has 0 radical (unpaired) electrons. The maximum absolute atomic E-state index is 6.49. The first-order valence-corrected chi connectivity index (χ1v) is 6.94. The van der Waals surface area contributed by atoms with Gasteiger partial charge in [-0.15, -0.1) is 11.6 Å². The first-order chi connectivity index (χ1) is 8.39. The van der Waals surface area contributed by atoms with Crippen molar-refractivity contribution in [3.63, 3.8) is 0 Å². The molecule has 0 N–H and O–H groups in total. The Morgan fingerprint density at radius 1 is 1.11 bits per heavy atom. The van der Waals surface area contributed by atoms with Crippen LogP contribution in [0.25, 0.3) is 0 Å². The van der Waals surface area contributed by atoms with Gasteiger partial charge >= 0.3 is 0 Å². The van der Waals surface area contributed by atoms with Gasteiger partial charge in [-0.3, -0.25) is 0 Å². The molecule has 100 valence electrons. The van der Waals surface area contributed by atoms with Gasteiger partial charge < -0.3 is 9.47 Å². The fourth-order valence-electron chi connectivity index (χ4n) is 1.86. The van der Waals surface area contributed by atoms with Crippen LogP contribution in [0, 0.1) is 5.41 Å². The second kappa shape index (κ2) is 5.18. The summed E-state index contributed by atoms with van der Waals surface area (Å²) in [7, 11) is 0. The second-order valence-corrected chi connectivity index (χ2v) is 6.44. The maximum Gasteiger partial charge on any atom is 0.162 e. The summed E-state index contributed by atoms with van der Waals surface area (Å²) in [4.78, 5) is 0. The van der Waals surface area contributed by atoms with E-state index in [2.05, 4.69) is 20.8 Å². The average Bonchev–Trinajstić information content (AvgIpc) is 2.50. The van der Waals surface area contributed by atoms with E-state index >= 15 is 0 Å². The summed E-state index contributed by atoms with van der Waals surface area (Å²) in [5, 5.41) is 0.469. The molecule has 0 amide bonds. The van der Waals surface area contributed by atoms with E-state index in [1.807, 2.05) is 6.07 Å². The molecule has 1 aliphatic heterocycles. The number of halogens is 2. The molecule has 2 rings (SSSR count). The normalized spacial score (nSPS) is 17.2. The predicted molar refractivity (Wildman–Crippen MR) is 75.1 cm³/mol. The highest BCUT2D eigenvalue weighted by molar-refractivity contribution is 6.33. The van der Waals surface area contributed by atoms with E-state index in [1.54, 1.807) is 6.07 Å². The first-order valence-electron chi connectivity index (χ1n) is 6.12. The lowest BCUT2D eigenvalue weighted by molar-refractivity contribution is 0.297. The molecular formula is C14H18Cl2O2. The van der Waals surface area contributed by atoms with E-state index in [4.69, 9.17) is 32.7 Å². The highest BCUT2D eigenvalue weighted by Gasteiger charge is 2.27. The van der Waals surface area contributed by atoms with Gasteiger partial charge in [-0.05, 0) is 17.0 Å². The zero-order valence-electron chi connectivity index (χ0n) is 10.9. The third kappa shape index (κ3) is 2.86. The molecule has 2 nitrogen and oxygen atoms in total. The van der Waals surface area contributed by atoms with E-state index in [0.29, 0.717) is 24.0 Å². The molecule has 1 aromatic carbocycles. The van der Waals surface area contributed by atoms with Gasteiger partial charge in [-0.1, -0.05) is 32.4 Å². The van der Waals surface area contributed by atoms with Gasteiger partial charge in [0.25, 0.3) is 0 Å². The number of benzene rings is 1. The minimum atomic E-state index is -0.165. The van der Waals surface area contributed by atoms with Crippen molar-refractivity contribution < 1.29 is 9.47 Å². The average molecular weight is 289 g/mol. The number of ether oxygens (including phenoxy) is 2. The van der Waals surface area contributed by atoms with Crippen LogP contribution in [-0.2, 0) is 0 Å². The lowest BCUT2D eigenvalue weighted by Gasteiger charge is -2.26. The van der Waals surface area contributed by atoms with Gasteiger partial charge in [-0.25, -0.2) is 0 Å². The Kier molecular flexibility index (Phi) is 3.98. The van der Waals surface area contributed by atoms with Gasteiger partial charge in [0.05, 0.1) is 18.6 Å². The van der Waals surface area contributed by atoms with Gasteiger partial charge in [0.15, 0.2) is 11.5 Å². The lowest BCUT2D eigenvalue weighted by Crippen LogP contribution is -2.13. The molecule has 1 aromatic rings. The second-order valence-electron chi connectivity index (χ2n) is 5.60. The molecule has 0 aromatic heterocycles. The molecule has 4 heteroatoms. The summed E-state index contributed by atoms with van der Waals surface area (Å²) in [5.74, 6) is 1.45. The number of hydrogen-bond acceptors (Lipinski definition) is 2. The quantitative estimate of drug-likeness (QED) is 0.689. The van der Waals surface area contributed by atoms with Crippen LogP contribution >= 0.6 is 23.2 Å². The van der Waals surface area contributed by atoms with Crippen LogP contribution in [0.2, 0.25) is 5.02 Å². The maximum atomic E-state index is 6.49. The molecule has 1 unspecified atom stereocenters. The van der Waals surface area contributed by atoms with Gasteiger partial charge in [-0.2, -0.15) is 0 Å². The van der Waals surface area contributed by atoms with Crippen LogP contribution in [0.4, 0.5) is 0 Å². The molecular weight excluding hydrogens is 271 g/mol. The van der Waals surface area contributed by atoms with Crippen molar-refractivity contribution in [3.05, 3.63) is 22.7 Å². The van der Waals surface area contributed by atoms with Crippen LogP contribution in [0.5, 0.6) is 11.5 Å². The molecule has 0 fully saturated rings. The van der Waals surface area contributed by atoms with Crippen molar-refractivity contribution in [2.24, 2.45) is 5.41 Å². The van der Waals surface area contributed by atoms with Crippen molar-refractivity contribution in [2.45, 2.75) is 32.6 Å². The van der Waals surface area contributed by atoms with E-state index in [1.165, 1.54) is 0 Å². The highest BCUT2D eigenvalue weighted by atomic mass is 35.5. The summed E-state index contributed by atoms with van der Waals surface area (Å²) in [6.07, 6.45) is 0.880. The highest BCUT2D eigenvalue weighted by Crippen LogP contribution is 2.45. The first kappa shape index (κ1) is 13.8. The Hall–Kier alpha value is -0.600. The fourth-order valence-corrected chi connectivity index (χ4v) is 2.36. The van der Waals surface area contributed by atoms with Crippen molar-refractivity contribution >= 4 is 23.2 Å². The third-order valence-electron chi connectivity index (χ3n) is 2.90. The zero-order chi connectivity index (χ0) is 13.3. The Morgan fingerprint density at radius 2 is 1.67 bits per heavy atom. The largest absolute Gasteiger partial charge is 0.490 e. The van der Waals surface area contributed by atoms with E-state index in [9.17, 15) is 0 Å². The molecule has 1 aliphatic rings. The van der Waals surface area contributed by atoms with E-state index in [-0.39, 0.29) is 10.8 Å².